The van der Waals surface area contributed by atoms with Crippen LogP contribution in [-0.2, 0) is 11.3 Å². The van der Waals surface area contributed by atoms with Gasteiger partial charge in [0.05, 0.1) is 30.1 Å². The van der Waals surface area contributed by atoms with Gasteiger partial charge in [-0.05, 0) is 30.5 Å². The Bertz CT molecular complexity index is 867. The highest BCUT2D eigenvalue weighted by Gasteiger charge is 2.29. The first-order chi connectivity index (χ1) is 11.6. The highest BCUT2D eigenvalue weighted by atomic mass is 16.5. The highest BCUT2D eigenvalue weighted by Crippen LogP contribution is 2.28. The molecule has 0 saturated heterocycles. The zero-order valence-corrected chi connectivity index (χ0v) is 13.2. The monoisotopic (exact) mass is 327 g/mol. The number of ether oxygens (including phenoxy) is 1. The lowest BCUT2D eigenvalue weighted by molar-refractivity contribution is 0.0516. The number of anilines is 1. The molecule has 2 heterocycles. The van der Waals surface area contributed by atoms with Crippen LogP contribution in [0.3, 0.4) is 0 Å². The van der Waals surface area contributed by atoms with Crippen molar-refractivity contribution in [2.45, 2.75) is 13.5 Å². The number of imidazole rings is 1. The van der Waals surface area contributed by atoms with Crippen LogP contribution in [0, 0.1) is 5.39 Å². The van der Waals surface area contributed by atoms with Gasteiger partial charge >= 0.3 is 11.1 Å². The molecule has 0 unspecified atom stereocenters. The van der Waals surface area contributed by atoms with Crippen molar-refractivity contribution in [2.75, 3.05) is 19.1 Å². The predicted molar refractivity (Wildman–Crippen MR) is 84.0 cm³/mol. The van der Waals surface area contributed by atoms with Gasteiger partial charge in [-0.15, -0.1) is 0 Å². The molecule has 1 aromatic carbocycles. The van der Waals surface area contributed by atoms with E-state index in [0.717, 1.165) is 0 Å². The second kappa shape index (κ2) is 6.00. The standard InChI is InChI=1S/C15H15N6O3/c1-3-24-15(23)13-12-7-20(2)14(22)10-6-9(18-19-16)4-5-11(10)21(12)8-17-13/h4-6,8,18H,3,7H2,1-2H3/q+1. The molecule has 9 nitrogen and oxygen atoms in total. The molecule has 0 aliphatic carbocycles. The van der Waals surface area contributed by atoms with Crippen LogP contribution in [0.15, 0.2) is 24.5 Å². The SMILES string of the molecule is CCOC(=O)c1ncn2c1CN(C)C(=O)c1cc(N[N+]#N)ccc1-2. The first kappa shape index (κ1) is 15.5. The largest absolute Gasteiger partial charge is 0.461 e. The third-order valence-electron chi connectivity index (χ3n) is 3.73. The minimum absolute atomic E-state index is 0.192. The van der Waals surface area contributed by atoms with Crippen molar-refractivity contribution in [3.63, 3.8) is 0 Å². The summed E-state index contributed by atoms with van der Waals surface area (Å²) in [4.78, 5) is 30.3. The number of nitrogens with zero attached hydrogens (tertiary/aromatic N) is 5. The van der Waals surface area contributed by atoms with Crippen molar-refractivity contribution >= 4 is 17.6 Å². The third-order valence-corrected chi connectivity index (χ3v) is 3.73. The van der Waals surface area contributed by atoms with E-state index in [4.69, 9.17) is 10.1 Å². The number of aromatic nitrogens is 2. The molecule has 0 fully saturated rings. The predicted octanol–water partition coefficient (Wildman–Crippen LogP) is 1.81. The topological polar surface area (TPSA) is 105 Å². The van der Waals surface area contributed by atoms with Gasteiger partial charge in [0, 0.05) is 7.05 Å². The lowest BCUT2D eigenvalue weighted by atomic mass is 10.1. The fraction of sp³-hybridized carbons (Fsp3) is 0.267. The summed E-state index contributed by atoms with van der Waals surface area (Å²) in [5.41, 5.74) is 4.61. The van der Waals surface area contributed by atoms with Gasteiger partial charge in [-0.3, -0.25) is 9.36 Å². The van der Waals surface area contributed by atoms with E-state index in [-0.39, 0.29) is 24.8 Å². The summed E-state index contributed by atoms with van der Waals surface area (Å²) in [6.07, 6.45) is 1.50. The van der Waals surface area contributed by atoms with Crippen molar-refractivity contribution in [1.29, 1.82) is 5.39 Å². The van der Waals surface area contributed by atoms with Crippen molar-refractivity contribution in [2.24, 2.45) is 0 Å². The van der Waals surface area contributed by atoms with Gasteiger partial charge in [0.15, 0.2) is 5.69 Å². The van der Waals surface area contributed by atoms with Crippen LogP contribution in [0.4, 0.5) is 5.69 Å². The molecule has 24 heavy (non-hydrogen) atoms. The van der Waals surface area contributed by atoms with Crippen LogP contribution in [-0.4, -0.2) is 40.0 Å². The van der Waals surface area contributed by atoms with Gasteiger partial charge in [-0.2, -0.15) is 0 Å². The number of rotatable bonds is 3. The molecular formula is C15H15N6O3+. The van der Waals surface area contributed by atoms with Crippen molar-refractivity contribution in [1.82, 2.24) is 14.5 Å². The Morgan fingerprint density at radius 1 is 1.50 bits per heavy atom. The Hall–Kier alpha value is -3.41. The molecule has 0 bridgehead atoms. The van der Waals surface area contributed by atoms with Gasteiger partial charge in [0.25, 0.3) is 11.3 Å². The number of fused-ring (bicyclic) bond motifs is 3. The number of amides is 1. The second-order valence-electron chi connectivity index (χ2n) is 5.24. The molecule has 1 amide bonds. The molecule has 1 aliphatic rings. The Morgan fingerprint density at radius 3 is 3.00 bits per heavy atom. The molecule has 3 rings (SSSR count). The number of benzene rings is 1. The first-order valence-electron chi connectivity index (χ1n) is 7.30. The average Bonchev–Trinajstić information content (AvgIpc) is 2.94. The number of hydrogen-bond donors (Lipinski definition) is 1. The Labute approximate surface area is 137 Å². The van der Waals surface area contributed by atoms with Crippen LogP contribution in [0.2, 0.25) is 0 Å². The molecule has 0 radical (unpaired) electrons. The smallest absolute Gasteiger partial charge is 0.358 e. The lowest BCUT2D eigenvalue weighted by Crippen LogP contribution is -2.26. The summed E-state index contributed by atoms with van der Waals surface area (Å²) in [7, 11) is 1.64. The van der Waals surface area contributed by atoms with Gasteiger partial charge in [0.2, 0.25) is 0 Å². The van der Waals surface area contributed by atoms with E-state index in [2.05, 4.69) is 15.5 Å². The molecule has 0 spiro atoms. The minimum atomic E-state index is -0.520. The number of hydrogen-bond acceptors (Lipinski definition) is 6. The molecular weight excluding hydrogens is 312 g/mol. The summed E-state index contributed by atoms with van der Waals surface area (Å²) < 4.78 is 6.72. The quantitative estimate of drug-likeness (QED) is 0.524. The van der Waals surface area contributed by atoms with Crippen molar-refractivity contribution < 1.29 is 14.3 Å². The molecule has 0 saturated carbocycles. The average molecular weight is 327 g/mol. The maximum absolute atomic E-state index is 12.6. The number of diazo groups is 1. The Kier molecular flexibility index (Phi) is 3.87. The van der Waals surface area contributed by atoms with Crippen LogP contribution >= 0.6 is 0 Å². The van der Waals surface area contributed by atoms with Gasteiger partial charge < -0.3 is 9.64 Å². The van der Waals surface area contributed by atoms with E-state index in [9.17, 15) is 9.59 Å². The van der Waals surface area contributed by atoms with E-state index in [1.54, 1.807) is 36.7 Å². The summed E-state index contributed by atoms with van der Waals surface area (Å²) >= 11 is 0. The Morgan fingerprint density at radius 2 is 2.29 bits per heavy atom. The van der Waals surface area contributed by atoms with Gasteiger partial charge in [0.1, 0.15) is 12.0 Å². The van der Waals surface area contributed by atoms with Crippen LogP contribution < -0.4 is 5.43 Å². The van der Waals surface area contributed by atoms with Crippen LogP contribution in [0.1, 0.15) is 33.5 Å². The molecule has 2 aromatic rings. The third kappa shape index (κ3) is 2.44. The number of carbonyl (C=O) groups is 2. The molecule has 122 valence electrons. The maximum Gasteiger partial charge on any atom is 0.358 e. The molecule has 9 heteroatoms. The molecule has 0 atom stereocenters. The summed E-state index contributed by atoms with van der Waals surface area (Å²) in [5, 5.41) is 11.5. The summed E-state index contributed by atoms with van der Waals surface area (Å²) in [6.45, 7) is 2.18. The number of carbonyl (C=O) groups excluding carboxylic acids is 2. The lowest BCUT2D eigenvalue weighted by Gasteiger charge is -2.14. The van der Waals surface area contributed by atoms with Crippen LogP contribution in [0.25, 0.3) is 10.8 Å². The number of esters is 1. The van der Waals surface area contributed by atoms with Gasteiger partial charge in [-0.25, -0.2) is 9.78 Å². The molecule has 1 aromatic heterocycles. The van der Waals surface area contributed by atoms with Crippen molar-refractivity contribution in [3.05, 3.63) is 46.6 Å². The highest BCUT2D eigenvalue weighted by molar-refractivity contribution is 6.00. The fourth-order valence-corrected chi connectivity index (χ4v) is 2.65. The zero-order valence-electron chi connectivity index (χ0n) is 13.2. The molecule has 1 aliphatic heterocycles. The second-order valence-corrected chi connectivity index (χ2v) is 5.24. The van der Waals surface area contributed by atoms with E-state index >= 15 is 0 Å². The normalized spacial score (nSPS) is 12.7. The maximum atomic E-state index is 12.6. The first-order valence-corrected chi connectivity index (χ1v) is 7.30. The van der Waals surface area contributed by atoms with Crippen molar-refractivity contribution in [3.8, 4) is 5.69 Å². The van der Waals surface area contributed by atoms with Crippen LogP contribution in [0.5, 0.6) is 0 Å². The van der Waals surface area contributed by atoms with E-state index in [1.807, 2.05) is 0 Å². The van der Waals surface area contributed by atoms with Gasteiger partial charge in [-0.1, -0.05) is 0 Å². The van der Waals surface area contributed by atoms with E-state index < -0.39 is 5.97 Å². The zero-order chi connectivity index (χ0) is 17.3. The van der Waals surface area contributed by atoms with E-state index in [1.165, 1.54) is 11.2 Å². The number of nitrogens with one attached hydrogen (secondary N) is 1. The fourth-order valence-electron chi connectivity index (χ4n) is 2.65. The minimum Gasteiger partial charge on any atom is -0.461 e. The van der Waals surface area contributed by atoms with E-state index in [0.29, 0.717) is 22.6 Å². The summed E-state index contributed by atoms with van der Waals surface area (Å²) in [5.74, 6) is -0.738. The molecule has 1 N–H and O–H groups in total. The Balaban J connectivity index is 2.16. The summed E-state index contributed by atoms with van der Waals surface area (Å²) in [6, 6.07) is 4.93.